The van der Waals surface area contributed by atoms with Crippen LogP contribution in [-0.4, -0.2) is 39.5 Å². The number of benzene rings is 3. The Labute approximate surface area is 217 Å². The van der Waals surface area contributed by atoms with E-state index in [9.17, 15) is 31.6 Å². The molecule has 10 nitrogen and oxygen atoms in total. The van der Waals surface area contributed by atoms with E-state index in [0.717, 1.165) is 6.07 Å². The molecular formula is C25H25F2N5O5S. The van der Waals surface area contributed by atoms with E-state index in [1.807, 2.05) is 4.72 Å². The number of hydrogen-bond donors (Lipinski definition) is 5. The van der Waals surface area contributed by atoms with E-state index in [0.29, 0.717) is 11.1 Å². The second kappa shape index (κ2) is 12.6. The third kappa shape index (κ3) is 8.27. The lowest BCUT2D eigenvalue weighted by atomic mass is 10.2. The van der Waals surface area contributed by atoms with Crippen LogP contribution in [0, 0.1) is 18.6 Å². The quantitative estimate of drug-likeness (QED) is 0.263. The molecule has 3 rings (SSSR count). The molecule has 0 spiro atoms. The highest BCUT2D eigenvalue weighted by molar-refractivity contribution is 7.90. The van der Waals surface area contributed by atoms with Crippen LogP contribution >= 0.6 is 0 Å². The van der Waals surface area contributed by atoms with Crippen molar-refractivity contribution in [1.82, 2.24) is 20.7 Å². The lowest BCUT2D eigenvalue weighted by Crippen LogP contribution is -2.42. The van der Waals surface area contributed by atoms with Crippen LogP contribution in [0.25, 0.3) is 0 Å². The smallest absolute Gasteiger partial charge is 0.328 e. The highest BCUT2D eigenvalue weighted by atomic mass is 32.2. The predicted octanol–water partition coefficient (Wildman–Crippen LogP) is 3.01. The van der Waals surface area contributed by atoms with Crippen LogP contribution in [-0.2, 0) is 16.6 Å². The number of rotatable bonds is 9. The largest absolute Gasteiger partial charge is 0.350 e. The third-order valence-electron chi connectivity index (χ3n) is 5.07. The van der Waals surface area contributed by atoms with Crippen LogP contribution in [0.15, 0.2) is 71.6 Å². The molecule has 0 saturated carbocycles. The standard InChI is InChI=1S/C25H25F2N5O5S/c1-16-3-2-4-20(13-16)38(36,37)32-25(35)29-12-11-28-23(33)18-7-10-22(21(27)14-18)31-24(34)30-15-17-5-8-19(26)9-6-17/h2-10,13-14H,11-12,15H2,1H3,(H,28,33)(H2,29,32,35)(H2,30,31,34). The molecule has 0 unspecified atom stereocenters. The van der Waals surface area contributed by atoms with Crippen molar-refractivity contribution < 1.29 is 31.6 Å². The first kappa shape index (κ1) is 28.1. The van der Waals surface area contributed by atoms with Gasteiger partial charge in [-0.05, 0) is 60.5 Å². The predicted molar refractivity (Wildman–Crippen MR) is 136 cm³/mol. The number of aryl methyl sites for hydroxylation is 1. The fraction of sp³-hybridized carbons (Fsp3) is 0.160. The highest BCUT2D eigenvalue weighted by Gasteiger charge is 2.17. The van der Waals surface area contributed by atoms with Gasteiger partial charge in [0, 0.05) is 25.2 Å². The number of nitrogens with one attached hydrogen (secondary N) is 5. The van der Waals surface area contributed by atoms with Crippen molar-refractivity contribution >= 4 is 33.7 Å². The number of hydrogen-bond acceptors (Lipinski definition) is 5. The van der Waals surface area contributed by atoms with E-state index in [1.165, 1.54) is 48.5 Å². The van der Waals surface area contributed by atoms with Gasteiger partial charge < -0.3 is 21.3 Å². The molecule has 0 aliphatic rings. The van der Waals surface area contributed by atoms with Gasteiger partial charge in [-0.25, -0.2) is 31.5 Å². The number of amides is 5. The summed E-state index contributed by atoms with van der Waals surface area (Å²) in [5, 5.41) is 9.60. The van der Waals surface area contributed by atoms with E-state index in [1.54, 1.807) is 19.1 Å². The zero-order chi connectivity index (χ0) is 27.7. The number of sulfonamides is 1. The Hall–Kier alpha value is -4.52. The fourth-order valence-corrected chi connectivity index (χ4v) is 4.20. The van der Waals surface area contributed by atoms with Crippen LogP contribution in [0.2, 0.25) is 0 Å². The minimum atomic E-state index is -4.05. The maximum atomic E-state index is 14.4. The molecule has 5 amide bonds. The van der Waals surface area contributed by atoms with Gasteiger partial charge in [0.1, 0.15) is 11.6 Å². The van der Waals surface area contributed by atoms with E-state index < -0.39 is 39.6 Å². The van der Waals surface area contributed by atoms with Gasteiger partial charge in [0.05, 0.1) is 10.6 Å². The van der Waals surface area contributed by atoms with Gasteiger partial charge in [0.25, 0.3) is 15.9 Å². The summed E-state index contributed by atoms with van der Waals surface area (Å²) in [4.78, 5) is 36.2. The number of carbonyl (C=O) groups is 3. The summed E-state index contributed by atoms with van der Waals surface area (Å²) >= 11 is 0. The van der Waals surface area contributed by atoms with E-state index in [4.69, 9.17) is 0 Å². The maximum absolute atomic E-state index is 14.4. The minimum Gasteiger partial charge on any atom is -0.350 e. The third-order valence-corrected chi connectivity index (χ3v) is 6.40. The highest BCUT2D eigenvalue weighted by Crippen LogP contribution is 2.16. The molecular weight excluding hydrogens is 520 g/mol. The monoisotopic (exact) mass is 545 g/mol. The summed E-state index contributed by atoms with van der Waals surface area (Å²) in [7, 11) is -4.05. The molecule has 5 N–H and O–H groups in total. The van der Waals surface area contributed by atoms with Crippen molar-refractivity contribution in [2.75, 3.05) is 18.4 Å². The average molecular weight is 546 g/mol. The fourth-order valence-electron chi connectivity index (χ4n) is 3.16. The molecule has 0 saturated heterocycles. The molecule has 0 heterocycles. The van der Waals surface area contributed by atoms with Crippen LogP contribution in [0.4, 0.5) is 24.1 Å². The Balaban J connectivity index is 1.42. The van der Waals surface area contributed by atoms with E-state index >= 15 is 0 Å². The van der Waals surface area contributed by atoms with E-state index in [-0.39, 0.29) is 35.8 Å². The summed E-state index contributed by atoms with van der Waals surface area (Å²) in [6, 6.07) is 13.3. The molecule has 0 atom stereocenters. The first-order valence-corrected chi connectivity index (χ1v) is 12.8. The van der Waals surface area contributed by atoms with Crippen LogP contribution in [0.5, 0.6) is 0 Å². The Kier molecular flexibility index (Phi) is 9.33. The lowest BCUT2D eigenvalue weighted by molar-refractivity contribution is 0.0953. The second-order valence-corrected chi connectivity index (χ2v) is 9.74. The zero-order valence-corrected chi connectivity index (χ0v) is 21.0. The van der Waals surface area contributed by atoms with E-state index in [2.05, 4.69) is 21.3 Å². The molecule has 3 aromatic rings. The van der Waals surface area contributed by atoms with Crippen molar-refractivity contribution in [3.63, 3.8) is 0 Å². The van der Waals surface area contributed by atoms with Gasteiger partial charge in [-0.15, -0.1) is 0 Å². The lowest BCUT2D eigenvalue weighted by Gasteiger charge is -2.11. The molecule has 0 aromatic heterocycles. The van der Waals surface area contributed by atoms with Crippen LogP contribution in [0.1, 0.15) is 21.5 Å². The van der Waals surface area contributed by atoms with Crippen LogP contribution < -0.4 is 26.0 Å². The molecule has 38 heavy (non-hydrogen) atoms. The van der Waals surface area contributed by atoms with Gasteiger partial charge >= 0.3 is 12.1 Å². The molecule has 13 heteroatoms. The molecule has 200 valence electrons. The number of anilines is 1. The summed E-state index contributed by atoms with van der Waals surface area (Å²) in [5.74, 6) is -1.91. The molecule has 3 aromatic carbocycles. The maximum Gasteiger partial charge on any atom is 0.328 e. The van der Waals surface area contributed by atoms with Crippen LogP contribution in [0.3, 0.4) is 0 Å². The van der Waals surface area contributed by atoms with Gasteiger partial charge in [0.2, 0.25) is 0 Å². The molecule has 0 aliphatic carbocycles. The summed E-state index contributed by atoms with van der Waals surface area (Å²) < 4.78 is 53.7. The van der Waals surface area contributed by atoms with Crippen molar-refractivity contribution in [1.29, 1.82) is 0 Å². The first-order valence-electron chi connectivity index (χ1n) is 11.3. The Morgan fingerprint density at radius 3 is 2.21 bits per heavy atom. The molecule has 0 fully saturated rings. The van der Waals surface area contributed by atoms with Gasteiger partial charge in [0.15, 0.2) is 0 Å². The minimum absolute atomic E-state index is 0.0359. The number of urea groups is 2. The van der Waals surface area contributed by atoms with Crippen molar-refractivity contribution in [2.45, 2.75) is 18.4 Å². The average Bonchev–Trinajstić information content (AvgIpc) is 2.87. The second-order valence-electron chi connectivity index (χ2n) is 8.06. The van der Waals surface area contributed by atoms with Gasteiger partial charge in [-0.1, -0.05) is 24.3 Å². The Morgan fingerprint density at radius 1 is 0.816 bits per heavy atom. The first-order chi connectivity index (χ1) is 18.0. The molecule has 0 radical (unpaired) electrons. The Morgan fingerprint density at radius 2 is 1.53 bits per heavy atom. The SMILES string of the molecule is Cc1cccc(S(=O)(=O)NC(=O)NCCNC(=O)c2ccc(NC(=O)NCc3ccc(F)cc3)c(F)c2)c1. The summed E-state index contributed by atoms with van der Waals surface area (Å²) in [6.45, 7) is 1.64. The van der Waals surface area contributed by atoms with Gasteiger partial charge in [-0.3, -0.25) is 4.79 Å². The van der Waals surface area contributed by atoms with Gasteiger partial charge in [-0.2, -0.15) is 0 Å². The van der Waals surface area contributed by atoms with Crippen molar-refractivity contribution in [2.24, 2.45) is 0 Å². The van der Waals surface area contributed by atoms with Crippen molar-refractivity contribution in [3.8, 4) is 0 Å². The number of halogens is 2. The summed E-state index contributed by atoms with van der Waals surface area (Å²) in [5.41, 5.74) is 1.16. The molecule has 0 bridgehead atoms. The molecule has 0 aliphatic heterocycles. The Bertz CT molecular complexity index is 1430. The summed E-state index contributed by atoms with van der Waals surface area (Å²) in [6.07, 6.45) is 0. The van der Waals surface area contributed by atoms with Crippen molar-refractivity contribution in [3.05, 3.63) is 95.1 Å². The topological polar surface area (TPSA) is 146 Å². The number of carbonyl (C=O) groups excluding carboxylic acids is 3. The zero-order valence-electron chi connectivity index (χ0n) is 20.2. The normalized spacial score (nSPS) is 10.8.